The molecule has 2 aliphatic heterocycles. The summed E-state index contributed by atoms with van der Waals surface area (Å²) in [6.07, 6.45) is -0.993. The molecule has 0 aromatic heterocycles. The van der Waals surface area contributed by atoms with Crippen LogP contribution in [0.5, 0.6) is 34.5 Å². The highest BCUT2D eigenvalue weighted by atomic mass is 16.7. The van der Waals surface area contributed by atoms with E-state index in [4.69, 9.17) is 28.4 Å². The Morgan fingerprint density at radius 2 is 1.71 bits per heavy atom. The zero-order chi connectivity index (χ0) is 21.9. The molecule has 1 aliphatic carbocycles. The normalized spacial score (nSPS) is 25.5. The van der Waals surface area contributed by atoms with Crippen molar-refractivity contribution in [1.29, 1.82) is 0 Å². The third kappa shape index (κ3) is 2.69. The predicted octanol–water partition coefficient (Wildman–Crippen LogP) is 2.11. The van der Waals surface area contributed by atoms with E-state index in [1.54, 1.807) is 18.2 Å². The zero-order valence-electron chi connectivity index (χ0n) is 17.2. The van der Waals surface area contributed by atoms with E-state index in [1.165, 1.54) is 21.3 Å². The monoisotopic (exact) mass is 430 g/mol. The second-order valence-electron chi connectivity index (χ2n) is 7.66. The van der Waals surface area contributed by atoms with Crippen LogP contribution in [0.25, 0.3) is 0 Å². The zero-order valence-corrected chi connectivity index (χ0v) is 17.2. The molecule has 1 fully saturated rings. The van der Waals surface area contributed by atoms with Crippen LogP contribution >= 0.6 is 0 Å². The average Bonchev–Trinajstić information content (AvgIpc) is 3.40. The van der Waals surface area contributed by atoms with Gasteiger partial charge in [-0.25, -0.2) is 0 Å². The van der Waals surface area contributed by atoms with Gasteiger partial charge in [0.2, 0.25) is 18.3 Å². The molecule has 0 radical (unpaired) electrons. The number of aliphatic hydroxyl groups excluding tert-OH is 1. The standard InChI is InChI=1S/C22H22O9/c1-26-12-4-9(5-13(27-2)19(12)24)15-10-6-14-20(31-8-30-14)21(28-3)17(10)18(23)11-7-29-22(25)16(11)15/h4-6,11,15-16,18,23-24H,7-8H2,1-3H3/t11-,15+,16-,18+/m0/s1. The largest absolute Gasteiger partial charge is 0.502 e. The number of carbonyl (C=O) groups is 1. The van der Waals surface area contributed by atoms with Gasteiger partial charge >= 0.3 is 5.97 Å². The van der Waals surface area contributed by atoms with Gasteiger partial charge in [-0.05, 0) is 29.3 Å². The molecule has 2 N–H and O–H groups in total. The van der Waals surface area contributed by atoms with E-state index in [2.05, 4.69) is 0 Å². The van der Waals surface area contributed by atoms with Crippen LogP contribution in [0.1, 0.15) is 28.7 Å². The van der Waals surface area contributed by atoms with Gasteiger partial charge in [0, 0.05) is 17.4 Å². The number of aliphatic hydroxyl groups is 1. The minimum absolute atomic E-state index is 0.0328. The van der Waals surface area contributed by atoms with Crippen molar-refractivity contribution in [3.05, 3.63) is 34.9 Å². The highest BCUT2D eigenvalue weighted by molar-refractivity contribution is 5.79. The number of esters is 1. The molecule has 164 valence electrons. The van der Waals surface area contributed by atoms with Crippen LogP contribution in [0.2, 0.25) is 0 Å². The summed E-state index contributed by atoms with van der Waals surface area (Å²) in [5.74, 6) is -0.519. The number of carbonyl (C=O) groups excluding carboxylic acids is 1. The lowest BCUT2D eigenvalue weighted by Gasteiger charge is -2.37. The lowest BCUT2D eigenvalue weighted by Crippen LogP contribution is -2.35. The van der Waals surface area contributed by atoms with Crippen LogP contribution < -0.4 is 23.7 Å². The van der Waals surface area contributed by atoms with Crippen LogP contribution in [0, 0.1) is 11.8 Å². The Labute approximate surface area is 178 Å². The van der Waals surface area contributed by atoms with Crippen molar-refractivity contribution in [3.63, 3.8) is 0 Å². The van der Waals surface area contributed by atoms with E-state index in [0.29, 0.717) is 33.9 Å². The average molecular weight is 430 g/mol. The number of ether oxygens (including phenoxy) is 6. The first-order valence-electron chi connectivity index (χ1n) is 9.80. The van der Waals surface area contributed by atoms with Gasteiger partial charge in [-0.1, -0.05) is 0 Å². The van der Waals surface area contributed by atoms with Crippen molar-refractivity contribution in [3.8, 4) is 34.5 Å². The van der Waals surface area contributed by atoms with E-state index in [9.17, 15) is 15.0 Å². The van der Waals surface area contributed by atoms with Crippen LogP contribution in [-0.2, 0) is 9.53 Å². The molecule has 0 unspecified atom stereocenters. The Balaban J connectivity index is 1.80. The Morgan fingerprint density at radius 1 is 1.00 bits per heavy atom. The topological polar surface area (TPSA) is 113 Å². The first-order valence-corrected chi connectivity index (χ1v) is 9.80. The summed E-state index contributed by atoms with van der Waals surface area (Å²) in [5.41, 5.74) is 1.85. The number of fused-ring (bicyclic) bond motifs is 3. The Morgan fingerprint density at radius 3 is 2.35 bits per heavy atom. The number of cyclic esters (lactones) is 1. The van der Waals surface area contributed by atoms with Crippen molar-refractivity contribution in [1.82, 2.24) is 0 Å². The van der Waals surface area contributed by atoms with Gasteiger partial charge in [0.1, 0.15) is 0 Å². The number of benzene rings is 2. The number of methoxy groups -OCH3 is 3. The summed E-state index contributed by atoms with van der Waals surface area (Å²) < 4.78 is 32.8. The molecule has 0 bridgehead atoms. The van der Waals surface area contributed by atoms with Crippen molar-refractivity contribution in [2.75, 3.05) is 34.7 Å². The third-order valence-corrected chi connectivity index (χ3v) is 6.30. The van der Waals surface area contributed by atoms with E-state index in [1.807, 2.05) is 0 Å². The van der Waals surface area contributed by atoms with Gasteiger partial charge in [-0.2, -0.15) is 0 Å². The minimum atomic E-state index is -0.993. The summed E-state index contributed by atoms with van der Waals surface area (Å²) in [7, 11) is 4.36. The third-order valence-electron chi connectivity index (χ3n) is 6.30. The number of rotatable bonds is 4. The molecule has 0 spiro atoms. The minimum Gasteiger partial charge on any atom is -0.502 e. The first-order chi connectivity index (χ1) is 15.0. The van der Waals surface area contributed by atoms with Crippen LogP contribution in [0.15, 0.2) is 18.2 Å². The van der Waals surface area contributed by atoms with Gasteiger partial charge in [-0.15, -0.1) is 0 Å². The maximum Gasteiger partial charge on any atom is 0.310 e. The molecule has 9 heteroatoms. The predicted molar refractivity (Wildman–Crippen MR) is 105 cm³/mol. The highest BCUT2D eigenvalue weighted by Gasteiger charge is 2.53. The maximum absolute atomic E-state index is 12.8. The summed E-state index contributed by atoms with van der Waals surface area (Å²) in [4.78, 5) is 12.8. The van der Waals surface area contributed by atoms with Crippen molar-refractivity contribution >= 4 is 5.97 Å². The summed E-state index contributed by atoms with van der Waals surface area (Å²) >= 11 is 0. The van der Waals surface area contributed by atoms with E-state index in [0.717, 1.165) is 0 Å². The number of hydrogen-bond acceptors (Lipinski definition) is 9. The maximum atomic E-state index is 12.8. The van der Waals surface area contributed by atoms with Crippen LogP contribution in [0.3, 0.4) is 0 Å². The summed E-state index contributed by atoms with van der Waals surface area (Å²) in [6.45, 7) is 0.121. The SMILES string of the molecule is COc1cc([C@@H]2c3cc4c(c(OC)c3[C@H](O)[C@H]3COC(=O)[C@H]23)OCO4)cc(OC)c1O. The van der Waals surface area contributed by atoms with Crippen molar-refractivity contribution in [2.24, 2.45) is 11.8 Å². The van der Waals surface area contributed by atoms with Gasteiger partial charge in [0.25, 0.3) is 0 Å². The quantitative estimate of drug-likeness (QED) is 0.704. The van der Waals surface area contributed by atoms with Crippen LogP contribution in [-0.4, -0.2) is 50.9 Å². The lowest BCUT2D eigenvalue weighted by molar-refractivity contribution is -0.141. The molecular formula is C22H22O9. The van der Waals surface area contributed by atoms with E-state index >= 15 is 0 Å². The molecule has 2 heterocycles. The molecule has 9 nitrogen and oxygen atoms in total. The molecule has 0 amide bonds. The molecule has 1 saturated heterocycles. The van der Waals surface area contributed by atoms with Crippen LogP contribution in [0.4, 0.5) is 0 Å². The summed E-state index contributed by atoms with van der Waals surface area (Å²) in [5, 5.41) is 21.6. The molecular weight excluding hydrogens is 408 g/mol. The molecule has 0 saturated carbocycles. The number of hydrogen-bond donors (Lipinski definition) is 2. The molecule has 5 rings (SSSR count). The fourth-order valence-corrected chi connectivity index (χ4v) is 4.92. The molecule has 2 aromatic rings. The lowest BCUT2D eigenvalue weighted by atomic mass is 9.66. The number of phenolic OH excluding ortho intramolecular Hbond substituents is 1. The van der Waals surface area contributed by atoms with Crippen molar-refractivity contribution < 1.29 is 43.4 Å². The fourth-order valence-electron chi connectivity index (χ4n) is 4.92. The number of aromatic hydroxyl groups is 1. The van der Waals surface area contributed by atoms with Gasteiger partial charge in [-0.3, -0.25) is 4.79 Å². The molecule has 3 aliphatic rings. The highest BCUT2D eigenvalue weighted by Crippen LogP contribution is 2.59. The fraction of sp³-hybridized carbons (Fsp3) is 0.409. The van der Waals surface area contributed by atoms with E-state index < -0.39 is 29.8 Å². The number of phenols is 1. The van der Waals surface area contributed by atoms with Crippen molar-refractivity contribution in [2.45, 2.75) is 12.0 Å². The smallest absolute Gasteiger partial charge is 0.310 e. The van der Waals surface area contributed by atoms with Gasteiger partial charge < -0.3 is 38.6 Å². The Bertz CT molecular complexity index is 1040. The second-order valence-corrected chi connectivity index (χ2v) is 7.66. The molecule has 4 atom stereocenters. The summed E-state index contributed by atoms with van der Waals surface area (Å²) in [6, 6.07) is 5.08. The van der Waals surface area contributed by atoms with E-state index in [-0.39, 0.29) is 30.6 Å². The Hall–Kier alpha value is -3.33. The van der Waals surface area contributed by atoms with Gasteiger partial charge in [0.15, 0.2) is 23.0 Å². The second kappa shape index (κ2) is 7.12. The first kappa shape index (κ1) is 19.6. The Kier molecular flexibility index (Phi) is 4.51. The van der Waals surface area contributed by atoms with Gasteiger partial charge in [0.05, 0.1) is 40.0 Å². The molecule has 31 heavy (non-hydrogen) atoms. The molecule has 2 aromatic carbocycles.